The highest BCUT2D eigenvalue weighted by atomic mass is 15.3. The highest BCUT2D eigenvalue weighted by molar-refractivity contribution is 5.35. The Kier molecular flexibility index (Phi) is 2.89. The maximum absolute atomic E-state index is 5.26. The fourth-order valence-corrected chi connectivity index (χ4v) is 1.03. The minimum Gasteiger partial charge on any atom is -0.320 e. The minimum atomic E-state index is 0.400. The van der Waals surface area contributed by atoms with E-state index in [4.69, 9.17) is 5.73 Å². The van der Waals surface area contributed by atoms with Gasteiger partial charge in [-0.25, -0.2) is 0 Å². The molecule has 0 spiro atoms. The monoisotopic (exact) mass is 163 g/mol. The molecule has 64 valence electrons. The molecule has 3 heteroatoms. The van der Waals surface area contributed by atoms with Crippen molar-refractivity contribution < 1.29 is 0 Å². The van der Waals surface area contributed by atoms with Gasteiger partial charge in [-0.05, 0) is 13.8 Å². The van der Waals surface area contributed by atoms with Gasteiger partial charge < -0.3 is 5.73 Å². The summed E-state index contributed by atoms with van der Waals surface area (Å²) in [7, 11) is 0. The van der Waals surface area contributed by atoms with Crippen LogP contribution in [0.2, 0.25) is 0 Å². The van der Waals surface area contributed by atoms with Gasteiger partial charge in [0.25, 0.3) is 0 Å². The molecule has 0 amide bonds. The number of nitrogens with two attached hydrogens (primary N) is 1. The SMILES string of the molecule is CCn1ncc(C#CCN)c1C. The summed E-state index contributed by atoms with van der Waals surface area (Å²) in [6.07, 6.45) is 1.78. The molecule has 0 radical (unpaired) electrons. The average molecular weight is 163 g/mol. The summed E-state index contributed by atoms with van der Waals surface area (Å²) >= 11 is 0. The topological polar surface area (TPSA) is 43.8 Å². The summed E-state index contributed by atoms with van der Waals surface area (Å²) < 4.78 is 1.92. The zero-order chi connectivity index (χ0) is 8.97. The maximum atomic E-state index is 5.26. The van der Waals surface area contributed by atoms with Crippen LogP contribution in [-0.4, -0.2) is 16.3 Å². The maximum Gasteiger partial charge on any atom is 0.0655 e. The lowest BCUT2D eigenvalue weighted by molar-refractivity contribution is 0.639. The lowest BCUT2D eigenvalue weighted by atomic mass is 10.2. The summed E-state index contributed by atoms with van der Waals surface area (Å²) in [6.45, 7) is 5.35. The molecule has 0 atom stereocenters. The molecule has 1 rings (SSSR count). The first-order valence-electron chi connectivity index (χ1n) is 4.01. The van der Waals surface area contributed by atoms with Crippen molar-refractivity contribution >= 4 is 0 Å². The van der Waals surface area contributed by atoms with Crippen LogP contribution < -0.4 is 5.73 Å². The standard InChI is InChI=1S/C9H13N3/c1-3-12-8(2)9(7-11-12)5-4-6-10/h7H,3,6,10H2,1-2H3. The quantitative estimate of drug-likeness (QED) is 0.613. The third-order valence-corrected chi connectivity index (χ3v) is 1.73. The molecule has 0 bridgehead atoms. The Morgan fingerprint density at radius 2 is 2.42 bits per heavy atom. The Hall–Kier alpha value is -1.27. The second-order valence-corrected chi connectivity index (χ2v) is 2.47. The molecule has 0 aliphatic carbocycles. The Balaban J connectivity index is 2.94. The van der Waals surface area contributed by atoms with Gasteiger partial charge in [-0.2, -0.15) is 5.10 Å². The van der Waals surface area contributed by atoms with Crippen molar-refractivity contribution in [2.24, 2.45) is 5.73 Å². The van der Waals surface area contributed by atoms with Crippen LogP contribution in [0, 0.1) is 18.8 Å². The molecule has 0 fully saturated rings. The van der Waals surface area contributed by atoms with Crippen LogP contribution in [0.1, 0.15) is 18.2 Å². The van der Waals surface area contributed by atoms with Crippen LogP contribution in [0.4, 0.5) is 0 Å². The predicted molar refractivity (Wildman–Crippen MR) is 48.6 cm³/mol. The smallest absolute Gasteiger partial charge is 0.0655 e. The lowest BCUT2D eigenvalue weighted by Crippen LogP contribution is -1.98. The molecule has 1 heterocycles. The van der Waals surface area contributed by atoms with Crippen LogP contribution >= 0.6 is 0 Å². The highest BCUT2D eigenvalue weighted by Gasteiger charge is 2.00. The molecule has 0 unspecified atom stereocenters. The molecule has 1 aromatic heterocycles. The Bertz CT molecular complexity index is 314. The van der Waals surface area contributed by atoms with Gasteiger partial charge in [0.2, 0.25) is 0 Å². The van der Waals surface area contributed by atoms with Crippen molar-refractivity contribution in [2.75, 3.05) is 6.54 Å². The number of rotatable bonds is 1. The van der Waals surface area contributed by atoms with Gasteiger partial charge in [-0.15, -0.1) is 0 Å². The van der Waals surface area contributed by atoms with Crippen molar-refractivity contribution in [3.63, 3.8) is 0 Å². The van der Waals surface area contributed by atoms with Gasteiger partial charge in [0.15, 0.2) is 0 Å². The van der Waals surface area contributed by atoms with E-state index in [9.17, 15) is 0 Å². The second kappa shape index (κ2) is 3.93. The van der Waals surface area contributed by atoms with Gasteiger partial charge in [0.1, 0.15) is 0 Å². The van der Waals surface area contributed by atoms with E-state index in [2.05, 4.69) is 23.9 Å². The van der Waals surface area contributed by atoms with E-state index in [1.165, 1.54) is 0 Å². The van der Waals surface area contributed by atoms with Gasteiger partial charge in [0.05, 0.1) is 24.0 Å². The van der Waals surface area contributed by atoms with Crippen molar-refractivity contribution in [2.45, 2.75) is 20.4 Å². The number of hydrogen-bond donors (Lipinski definition) is 1. The van der Waals surface area contributed by atoms with E-state index in [-0.39, 0.29) is 0 Å². The molecule has 0 saturated carbocycles. The minimum absolute atomic E-state index is 0.400. The third-order valence-electron chi connectivity index (χ3n) is 1.73. The number of aryl methyl sites for hydroxylation is 1. The molecule has 0 saturated heterocycles. The van der Waals surface area contributed by atoms with Crippen molar-refractivity contribution in [3.05, 3.63) is 17.5 Å². The first-order chi connectivity index (χ1) is 5.79. The molecule has 0 aliphatic heterocycles. The summed E-state index contributed by atoms with van der Waals surface area (Å²) in [5.41, 5.74) is 7.35. The van der Waals surface area contributed by atoms with Crippen molar-refractivity contribution in [1.29, 1.82) is 0 Å². The van der Waals surface area contributed by atoms with Crippen LogP contribution in [0.15, 0.2) is 6.20 Å². The molecular weight excluding hydrogens is 150 g/mol. The normalized spacial score (nSPS) is 9.25. The molecule has 0 aromatic carbocycles. The van der Waals surface area contributed by atoms with E-state index < -0.39 is 0 Å². The van der Waals surface area contributed by atoms with Crippen LogP contribution in [0.3, 0.4) is 0 Å². The largest absolute Gasteiger partial charge is 0.320 e. The van der Waals surface area contributed by atoms with E-state index in [1.54, 1.807) is 6.20 Å². The highest BCUT2D eigenvalue weighted by Crippen LogP contribution is 2.04. The van der Waals surface area contributed by atoms with Gasteiger partial charge in [0, 0.05) is 6.54 Å². The Morgan fingerprint density at radius 1 is 1.67 bits per heavy atom. The second-order valence-electron chi connectivity index (χ2n) is 2.47. The van der Waals surface area contributed by atoms with E-state index in [1.807, 2.05) is 11.6 Å². The van der Waals surface area contributed by atoms with Gasteiger partial charge in [-0.1, -0.05) is 11.8 Å². The van der Waals surface area contributed by atoms with Gasteiger partial charge >= 0.3 is 0 Å². The van der Waals surface area contributed by atoms with E-state index in [0.717, 1.165) is 17.8 Å². The number of hydrogen-bond acceptors (Lipinski definition) is 2. The van der Waals surface area contributed by atoms with Gasteiger partial charge in [-0.3, -0.25) is 4.68 Å². The summed E-state index contributed by atoms with van der Waals surface area (Å²) in [4.78, 5) is 0. The molecule has 0 aliphatic rings. The predicted octanol–water partition coefficient (Wildman–Crippen LogP) is 0.522. The summed E-state index contributed by atoms with van der Waals surface area (Å²) in [6, 6.07) is 0. The number of nitrogens with zero attached hydrogens (tertiary/aromatic N) is 2. The Labute approximate surface area is 72.6 Å². The summed E-state index contributed by atoms with van der Waals surface area (Å²) in [5.74, 6) is 5.78. The lowest BCUT2D eigenvalue weighted by Gasteiger charge is -1.96. The summed E-state index contributed by atoms with van der Waals surface area (Å²) in [5, 5.41) is 4.16. The average Bonchev–Trinajstić information content (AvgIpc) is 2.43. The van der Waals surface area contributed by atoms with E-state index >= 15 is 0 Å². The zero-order valence-corrected chi connectivity index (χ0v) is 7.46. The third kappa shape index (κ3) is 1.66. The molecule has 12 heavy (non-hydrogen) atoms. The number of aromatic nitrogens is 2. The fraction of sp³-hybridized carbons (Fsp3) is 0.444. The van der Waals surface area contributed by atoms with Crippen molar-refractivity contribution in [3.8, 4) is 11.8 Å². The molecular formula is C9H13N3. The van der Waals surface area contributed by atoms with Crippen LogP contribution in [-0.2, 0) is 6.54 Å². The first-order valence-corrected chi connectivity index (χ1v) is 4.01. The van der Waals surface area contributed by atoms with Crippen molar-refractivity contribution in [1.82, 2.24) is 9.78 Å². The first kappa shape index (κ1) is 8.82. The van der Waals surface area contributed by atoms with Crippen LogP contribution in [0.5, 0.6) is 0 Å². The molecule has 1 aromatic rings. The van der Waals surface area contributed by atoms with Crippen LogP contribution in [0.25, 0.3) is 0 Å². The zero-order valence-electron chi connectivity index (χ0n) is 7.46. The fourth-order valence-electron chi connectivity index (χ4n) is 1.03. The molecule has 2 N–H and O–H groups in total. The molecule has 3 nitrogen and oxygen atoms in total. The Morgan fingerprint density at radius 3 is 2.92 bits per heavy atom. The van der Waals surface area contributed by atoms with E-state index in [0.29, 0.717) is 6.54 Å².